The number of carbonyl (C=O) groups is 1. The minimum absolute atomic E-state index is 0.0624. The molecule has 1 amide bonds. The standard InChI is InChI=1S/C16H22N2O2/c1-12-16(19)18(9-4-8-17-12)11-13-7-10-20-15-6-3-2-5-14(13)15/h2-3,5-6,12-13,17H,4,7-11H2,1H3. The van der Waals surface area contributed by atoms with E-state index in [4.69, 9.17) is 4.74 Å². The number of nitrogens with zero attached hydrogens (tertiary/aromatic N) is 1. The van der Waals surface area contributed by atoms with E-state index in [2.05, 4.69) is 17.4 Å². The van der Waals surface area contributed by atoms with Crippen molar-refractivity contribution in [3.05, 3.63) is 29.8 Å². The summed E-state index contributed by atoms with van der Waals surface area (Å²) in [4.78, 5) is 14.4. The van der Waals surface area contributed by atoms with Crippen LogP contribution < -0.4 is 10.1 Å². The highest BCUT2D eigenvalue weighted by Gasteiger charge is 2.28. The van der Waals surface area contributed by atoms with Crippen molar-refractivity contribution in [1.29, 1.82) is 0 Å². The minimum Gasteiger partial charge on any atom is -0.493 e. The number of para-hydroxylation sites is 1. The molecule has 108 valence electrons. The number of amides is 1. The van der Waals surface area contributed by atoms with Gasteiger partial charge in [0.1, 0.15) is 5.75 Å². The van der Waals surface area contributed by atoms with Crippen LogP contribution in [0.5, 0.6) is 5.75 Å². The maximum Gasteiger partial charge on any atom is 0.239 e. The van der Waals surface area contributed by atoms with Crippen LogP contribution in [0.3, 0.4) is 0 Å². The molecule has 0 radical (unpaired) electrons. The Morgan fingerprint density at radius 1 is 1.40 bits per heavy atom. The Balaban J connectivity index is 1.76. The molecule has 0 bridgehead atoms. The molecule has 0 aromatic heterocycles. The number of fused-ring (bicyclic) bond motifs is 1. The zero-order valence-corrected chi connectivity index (χ0v) is 12.0. The third-order valence-corrected chi connectivity index (χ3v) is 4.26. The number of carbonyl (C=O) groups excluding carboxylic acids is 1. The van der Waals surface area contributed by atoms with Gasteiger partial charge in [-0.2, -0.15) is 0 Å². The monoisotopic (exact) mass is 274 g/mol. The van der Waals surface area contributed by atoms with Crippen LogP contribution in [-0.4, -0.2) is 43.1 Å². The molecule has 1 N–H and O–H groups in total. The number of hydrogen-bond acceptors (Lipinski definition) is 3. The van der Waals surface area contributed by atoms with Crippen LogP contribution in [0.4, 0.5) is 0 Å². The van der Waals surface area contributed by atoms with E-state index in [1.54, 1.807) is 0 Å². The fourth-order valence-electron chi connectivity index (χ4n) is 3.11. The summed E-state index contributed by atoms with van der Waals surface area (Å²) in [6.45, 7) is 5.30. The quantitative estimate of drug-likeness (QED) is 0.893. The smallest absolute Gasteiger partial charge is 0.239 e. The first-order valence-corrected chi connectivity index (χ1v) is 7.49. The molecule has 1 aromatic rings. The van der Waals surface area contributed by atoms with E-state index in [1.165, 1.54) is 5.56 Å². The number of nitrogens with one attached hydrogen (secondary N) is 1. The van der Waals surface area contributed by atoms with Crippen LogP contribution in [0.25, 0.3) is 0 Å². The van der Waals surface area contributed by atoms with Crippen LogP contribution in [-0.2, 0) is 4.79 Å². The molecule has 0 aliphatic carbocycles. The van der Waals surface area contributed by atoms with E-state index in [0.29, 0.717) is 5.92 Å². The van der Waals surface area contributed by atoms with E-state index in [9.17, 15) is 4.79 Å². The van der Waals surface area contributed by atoms with Crippen LogP contribution in [0.1, 0.15) is 31.2 Å². The molecule has 1 aromatic carbocycles. The molecule has 2 heterocycles. The molecule has 3 rings (SSSR count). The van der Waals surface area contributed by atoms with Gasteiger partial charge >= 0.3 is 0 Å². The summed E-state index contributed by atoms with van der Waals surface area (Å²) in [7, 11) is 0. The second-order valence-electron chi connectivity index (χ2n) is 5.69. The van der Waals surface area contributed by atoms with Gasteiger partial charge in [0.2, 0.25) is 5.91 Å². The van der Waals surface area contributed by atoms with Gasteiger partial charge in [-0.1, -0.05) is 18.2 Å². The number of hydrogen-bond donors (Lipinski definition) is 1. The molecule has 4 heteroatoms. The van der Waals surface area contributed by atoms with Gasteiger partial charge in [0, 0.05) is 19.0 Å². The average molecular weight is 274 g/mol. The van der Waals surface area contributed by atoms with Gasteiger partial charge in [-0.3, -0.25) is 4.79 Å². The van der Waals surface area contributed by atoms with Crippen LogP contribution >= 0.6 is 0 Å². The summed E-state index contributed by atoms with van der Waals surface area (Å²) in [5.74, 6) is 1.61. The Bertz CT molecular complexity index is 489. The van der Waals surface area contributed by atoms with Gasteiger partial charge in [0.15, 0.2) is 0 Å². The Kier molecular flexibility index (Phi) is 3.92. The highest BCUT2D eigenvalue weighted by Crippen LogP contribution is 2.34. The van der Waals surface area contributed by atoms with Gasteiger partial charge in [-0.05, 0) is 37.9 Å². The van der Waals surface area contributed by atoms with Crippen molar-refractivity contribution in [3.63, 3.8) is 0 Å². The summed E-state index contributed by atoms with van der Waals surface area (Å²) < 4.78 is 5.70. The van der Waals surface area contributed by atoms with Crippen LogP contribution in [0, 0.1) is 0 Å². The predicted octanol–water partition coefficient (Wildman–Crippen LogP) is 1.76. The SMILES string of the molecule is CC1NCCCN(CC2CCOc3ccccc32)C1=O. The van der Waals surface area contributed by atoms with E-state index in [-0.39, 0.29) is 11.9 Å². The molecule has 2 unspecified atom stereocenters. The van der Waals surface area contributed by atoms with Crippen LogP contribution in [0.2, 0.25) is 0 Å². The lowest BCUT2D eigenvalue weighted by molar-refractivity contribution is -0.132. The minimum atomic E-state index is -0.0624. The Morgan fingerprint density at radius 3 is 3.15 bits per heavy atom. The van der Waals surface area contributed by atoms with E-state index < -0.39 is 0 Å². The molecule has 4 nitrogen and oxygen atoms in total. The number of benzene rings is 1. The summed E-state index contributed by atoms with van der Waals surface area (Å²) >= 11 is 0. The topological polar surface area (TPSA) is 41.6 Å². The molecule has 2 aliphatic rings. The fraction of sp³-hybridized carbons (Fsp3) is 0.562. The van der Waals surface area contributed by atoms with E-state index >= 15 is 0 Å². The van der Waals surface area contributed by atoms with Gasteiger partial charge in [0.05, 0.1) is 12.6 Å². The normalized spacial score (nSPS) is 26.6. The van der Waals surface area contributed by atoms with Gasteiger partial charge in [0.25, 0.3) is 0 Å². The summed E-state index contributed by atoms with van der Waals surface area (Å²) in [5.41, 5.74) is 1.25. The number of ether oxygens (including phenoxy) is 1. The van der Waals surface area contributed by atoms with Gasteiger partial charge < -0.3 is 15.0 Å². The van der Waals surface area contributed by atoms with Crippen molar-refractivity contribution in [2.75, 3.05) is 26.2 Å². The summed E-state index contributed by atoms with van der Waals surface area (Å²) in [5, 5.41) is 3.26. The molecule has 2 atom stereocenters. The molecule has 1 fully saturated rings. The first-order valence-electron chi connectivity index (χ1n) is 7.49. The zero-order valence-electron chi connectivity index (χ0n) is 12.0. The van der Waals surface area contributed by atoms with E-state index in [1.807, 2.05) is 24.0 Å². The second kappa shape index (κ2) is 5.83. The van der Waals surface area contributed by atoms with Crippen molar-refractivity contribution < 1.29 is 9.53 Å². The highest BCUT2D eigenvalue weighted by atomic mass is 16.5. The van der Waals surface area contributed by atoms with Crippen molar-refractivity contribution in [2.45, 2.75) is 31.7 Å². The lowest BCUT2D eigenvalue weighted by atomic mass is 9.92. The van der Waals surface area contributed by atoms with Crippen molar-refractivity contribution in [3.8, 4) is 5.75 Å². The Morgan fingerprint density at radius 2 is 2.25 bits per heavy atom. The molecule has 20 heavy (non-hydrogen) atoms. The Hall–Kier alpha value is -1.55. The first kappa shape index (κ1) is 13.4. The maximum atomic E-state index is 12.4. The second-order valence-corrected chi connectivity index (χ2v) is 5.69. The zero-order chi connectivity index (χ0) is 13.9. The highest BCUT2D eigenvalue weighted by molar-refractivity contribution is 5.81. The lowest BCUT2D eigenvalue weighted by Gasteiger charge is -2.31. The third kappa shape index (κ3) is 2.66. The summed E-state index contributed by atoms with van der Waals surface area (Å²) in [6.07, 6.45) is 2.02. The fourth-order valence-corrected chi connectivity index (χ4v) is 3.11. The van der Waals surface area contributed by atoms with Crippen LogP contribution in [0.15, 0.2) is 24.3 Å². The predicted molar refractivity (Wildman–Crippen MR) is 78.0 cm³/mol. The first-order chi connectivity index (χ1) is 9.75. The summed E-state index contributed by atoms with van der Waals surface area (Å²) in [6, 6.07) is 8.14. The van der Waals surface area contributed by atoms with Crippen molar-refractivity contribution in [2.24, 2.45) is 0 Å². The lowest BCUT2D eigenvalue weighted by Crippen LogP contribution is -2.43. The number of rotatable bonds is 2. The van der Waals surface area contributed by atoms with E-state index in [0.717, 1.165) is 44.8 Å². The molecule has 0 spiro atoms. The largest absolute Gasteiger partial charge is 0.493 e. The van der Waals surface area contributed by atoms with Crippen molar-refractivity contribution in [1.82, 2.24) is 10.2 Å². The molecular formula is C16H22N2O2. The Labute approximate surface area is 120 Å². The maximum absolute atomic E-state index is 12.4. The van der Waals surface area contributed by atoms with Gasteiger partial charge in [-0.25, -0.2) is 0 Å². The van der Waals surface area contributed by atoms with Gasteiger partial charge in [-0.15, -0.1) is 0 Å². The molecular weight excluding hydrogens is 252 g/mol. The molecule has 2 aliphatic heterocycles. The van der Waals surface area contributed by atoms with Crippen molar-refractivity contribution >= 4 is 5.91 Å². The third-order valence-electron chi connectivity index (χ3n) is 4.26. The average Bonchev–Trinajstić information content (AvgIpc) is 2.63. The molecule has 0 saturated carbocycles. The molecule has 1 saturated heterocycles.